The van der Waals surface area contributed by atoms with Gasteiger partial charge in [-0.05, 0) is 24.3 Å². The standard InChI is InChI=1S/C23H15F3O2S/c24-23(25,26)16-9-6-10-17(13-16)29-14-19-18-11-4-5-12-20(18)28-22(19)21(27)15-7-2-1-3-8-15/h1-13H,14H2. The highest BCUT2D eigenvalue weighted by Crippen LogP contribution is 2.36. The number of fused-ring (bicyclic) bond motifs is 1. The molecule has 0 aliphatic rings. The maximum Gasteiger partial charge on any atom is 0.416 e. The van der Waals surface area contributed by atoms with E-state index in [1.165, 1.54) is 17.8 Å². The Bertz CT molecular complexity index is 1160. The first-order chi connectivity index (χ1) is 13.9. The minimum Gasteiger partial charge on any atom is -0.452 e. The topological polar surface area (TPSA) is 30.2 Å². The van der Waals surface area contributed by atoms with Crippen molar-refractivity contribution in [3.63, 3.8) is 0 Å². The van der Waals surface area contributed by atoms with Crippen LogP contribution in [0.4, 0.5) is 13.2 Å². The van der Waals surface area contributed by atoms with Gasteiger partial charge in [-0.25, -0.2) is 0 Å². The van der Waals surface area contributed by atoms with E-state index in [4.69, 9.17) is 4.42 Å². The number of furan rings is 1. The number of hydrogen-bond acceptors (Lipinski definition) is 3. The first-order valence-corrected chi connectivity index (χ1v) is 9.82. The summed E-state index contributed by atoms with van der Waals surface area (Å²) in [5.41, 5.74) is 1.06. The first kappa shape index (κ1) is 19.3. The highest BCUT2D eigenvalue weighted by atomic mass is 32.2. The quantitative estimate of drug-likeness (QED) is 0.262. The number of para-hydroxylation sites is 1. The van der Waals surface area contributed by atoms with E-state index >= 15 is 0 Å². The predicted molar refractivity (Wildman–Crippen MR) is 107 cm³/mol. The molecule has 1 heterocycles. The van der Waals surface area contributed by atoms with Crippen molar-refractivity contribution in [3.8, 4) is 0 Å². The number of carbonyl (C=O) groups is 1. The summed E-state index contributed by atoms with van der Waals surface area (Å²) < 4.78 is 44.8. The van der Waals surface area contributed by atoms with Crippen molar-refractivity contribution < 1.29 is 22.4 Å². The van der Waals surface area contributed by atoms with Crippen LogP contribution in [0, 0.1) is 0 Å². The van der Waals surface area contributed by atoms with Crippen molar-refractivity contribution in [1.29, 1.82) is 0 Å². The van der Waals surface area contributed by atoms with Crippen LogP contribution in [0.3, 0.4) is 0 Å². The van der Waals surface area contributed by atoms with Gasteiger partial charge in [0.1, 0.15) is 5.58 Å². The maximum atomic E-state index is 13.0. The van der Waals surface area contributed by atoms with Crippen molar-refractivity contribution >= 4 is 28.5 Å². The monoisotopic (exact) mass is 412 g/mol. The molecule has 4 aromatic rings. The zero-order chi connectivity index (χ0) is 20.4. The summed E-state index contributed by atoms with van der Waals surface area (Å²) in [5.74, 6) is 0.282. The van der Waals surface area contributed by atoms with Crippen molar-refractivity contribution in [3.05, 3.63) is 101 Å². The molecule has 0 fully saturated rings. The number of hydrogen-bond donors (Lipinski definition) is 0. The number of halogens is 3. The molecule has 0 unspecified atom stereocenters. The lowest BCUT2D eigenvalue weighted by Crippen LogP contribution is -2.04. The minimum absolute atomic E-state index is 0.219. The average Bonchev–Trinajstić information content (AvgIpc) is 3.10. The predicted octanol–water partition coefficient (Wildman–Crippen LogP) is 6.97. The second-order valence-electron chi connectivity index (χ2n) is 6.42. The second kappa shape index (κ2) is 7.79. The fraction of sp³-hybridized carbons (Fsp3) is 0.0870. The fourth-order valence-corrected chi connectivity index (χ4v) is 4.05. The molecule has 146 valence electrons. The Balaban J connectivity index is 1.69. The number of benzene rings is 3. The van der Waals surface area contributed by atoms with E-state index in [0.29, 0.717) is 27.4 Å². The molecule has 0 saturated heterocycles. The molecule has 4 rings (SSSR count). The van der Waals surface area contributed by atoms with E-state index < -0.39 is 11.7 Å². The van der Waals surface area contributed by atoms with Gasteiger partial charge in [0.15, 0.2) is 5.76 Å². The van der Waals surface area contributed by atoms with E-state index in [1.54, 1.807) is 36.4 Å². The number of carbonyl (C=O) groups excluding carboxylic acids is 1. The Morgan fingerprint density at radius 1 is 0.897 bits per heavy atom. The summed E-state index contributed by atoms with van der Waals surface area (Å²) in [7, 11) is 0. The SMILES string of the molecule is O=C(c1ccccc1)c1oc2ccccc2c1CSc1cccc(C(F)(F)F)c1. The van der Waals surface area contributed by atoms with Crippen molar-refractivity contribution in [2.24, 2.45) is 0 Å². The van der Waals surface area contributed by atoms with Crippen LogP contribution in [0.15, 0.2) is 88.2 Å². The Labute approximate surface area is 169 Å². The lowest BCUT2D eigenvalue weighted by atomic mass is 10.0. The summed E-state index contributed by atoms with van der Waals surface area (Å²) in [4.78, 5) is 13.5. The van der Waals surface area contributed by atoms with Crippen molar-refractivity contribution in [1.82, 2.24) is 0 Å². The summed E-state index contributed by atoms with van der Waals surface area (Å²) in [6, 6.07) is 21.2. The third kappa shape index (κ3) is 4.07. The van der Waals surface area contributed by atoms with Gasteiger partial charge in [0.05, 0.1) is 5.56 Å². The van der Waals surface area contributed by atoms with Gasteiger partial charge in [-0.1, -0.05) is 54.6 Å². The summed E-state index contributed by atoms with van der Waals surface area (Å²) in [6.07, 6.45) is -4.40. The number of alkyl halides is 3. The zero-order valence-electron chi connectivity index (χ0n) is 15.1. The molecular formula is C23H15F3O2S. The van der Waals surface area contributed by atoms with Crippen LogP contribution in [0.5, 0.6) is 0 Å². The third-order valence-electron chi connectivity index (χ3n) is 4.49. The third-order valence-corrected chi connectivity index (χ3v) is 5.51. The Morgan fingerprint density at radius 3 is 2.38 bits per heavy atom. The number of ketones is 1. The molecular weight excluding hydrogens is 397 g/mol. The molecule has 0 radical (unpaired) electrons. The molecule has 0 aliphatic heterocycles. The van der Waals surface area contributed by atoms with Gasteiger partial charge >= 0.3 is 6.18 Å². The van der Waals surface area contributed by atoms with Gasteiger partial charge in [-0.15, -0.1) is 11.8 Å². The molecule has 6 heteroatoms. The van der Waals surface area contributed by atoms with Crippen LogP contribution in [-0.4, -0.2) is 5.78 Å². The van der Waals surface area contributed by atoms with E-state index in [-0.39, 0.29) is 11.5 Å². The van der Waals surface area contributed by atoms with Crippen molar-refractivity contribution in [2.75, 3.05) is 0 Å². The summed E-state index contributed by atoms with van der Waals surface area (Å²) in [5, 5.41) is 0.784. The zero-order valence-corrected chi connectivity index (χ0v) is 15.9. The number of thioether (sulfide) groups is 1. The summed E-state index contributed by atoms with van der Waals surface area (Å²) in [6.45, 7) is 0. The molecule has 0 spiro atoms. The fourth-order valence-electron chi connectivity index (χ4n) is 3.06. The van der Waals surface area contributed by atoms with Crippen molar-refractivity contribution in [2.45, 2.75) is 16.8 Å². The second-order valence-corrected chi connectivity index (χ2v) is 7.46. The van der Waals surface area contributed by atoms with Crippen LogP contribution in [0.2, 0.25) is 0 Å². The van der Waals surface area contributed by atoms with E-state index in [9.17, 15) is 18.0 Å². The smallest absolute Gasteiger partial charge is 0.416 e. The highest BCUT2D eigenvalue weighted by Gasteiger charge is 2.30. The highest BCUT2D eigenvalue weighted by molar-refractivity contribution is 7.98. The van der Waals surface area contributed by atoms with Crippen LogP contribution >= 0.6 is 11.8 Å². The van der Waals surface area contributed by atoms with Crippen LogP contribution in [0.25, 0.3) is 11.0 Å². The van der Waals surface area contributed by atoms with E-state index in [0.717, 1.165) is 17.5 Å². The Kier molecular flexibility index (Phi) is 5.20. The van der Waals surface area contributed by atoms with Crippen LogP contribution in [0.1, 0.15) is 27.2 Å². The lowest BCUT2D eigenvalue weighted by Gasteiger charge is -2.08. The molecule has 1 aromatic heterocycles. The molecule has 29 heavy (non-hydrogen) atoms. The van der Waals surface area contributed by atoms with Gasteiger partial charge in [0.25, 0.3) is 0 Å². The normalized spacial score (nSPS) is 11.7. The first-order valence-electron chi connectivity index (χ1n) is 8.84. The molecule has 0 bridgehead atoms. The van der Waals surface area contributed by atoms with Crippen LogP contribution < -0.4 is 0 Å². The molecule has 0 N–H and O–H groups in total. The van der Waals surface area contributed by atoms with Gasteiger partial charge in [-0.2, -0.15) is 13.2 Å². The Hall–Kier alpha value is -2.99. The average molecular weight is 412 g/mol. The van der Waals surface area contributed by atoms with Gasteiger partial charge in [0.2, 0.25) is 5.78 Å². The van der Waals surface area contributed by atoms with Gasteiger partial charge in [0, 0.05) is 27.2 Å². The van der Waals surface area contributed by atoms with Gasteiger partial charge in [-0.3, -0.25) is 4.79 Å². The van der Waals surface area contributed by atoms with E-state index in [2.05, 4.69) is 0 Å². The lowest BCUT2D eigenvalue weighted by molar-refractivity contribution is -0.137. The molecule has 0 saturated carbocycles. The molecule has 0 aliphatic carbocycles. The largest absolute Gasteiger partial charge is 0.452 e. The summed E-state index contributed by atoms with van der Waals surface area (Å²) >= 11 is 1.24. The molecule has 0 atom stereocenters. The van der Waals surface area contributed by atoms with E-state index in [1.807, 2.05) is 24.3 Å². The Morgan fingerprint density at radius 2 is 1.62 bits per heavy atom. The molecule has 2 nitrogen and oxygen atoms in total. The minimum atomic E-state index is -4.40. The molecule has 3 aromatic carbocycles. The molecule has 0 amide bonds. The number of rotatable bonds is 5. The van der Waals surface area contributed by atoms with Crippen LogP contribution in [-0.2, 0) is 11.9 Å². The maximum absolute atomic E-state index is 13.0. The van der Waals surface area contributed by atoms with Gasteiger partial charge < -0.3 is 4.42 Å².